The molecule has 0 fully saturated rings. The van der Waals surface area contributed by atoms with Crippen molar-refractivity contribution in [1.82, 2.24) is 4.90 Å². The van der Waals surface area contributed by atoms with Crippen molar-refractivity contribution in [3.8, 4) is 5.75 Å². The largest absolute Gasteiger partial charge is 0.497 e. The van der Waals surface area contributed by atoms with Gasteiger partial charge in [-0.3, -0.25) is 4.58 Å². The first-order valence-corrected chi connectivity index (χ1v) is 14.4. The summed E-state index contributed by atoms with van der Waals surface area (Å²) in [6, 6.07) is 8.35. The Morgan fingerprint density at radius 3 is 2.20 bits per heavy atom. The molecule has 4 heteroatoms. The van der Waals surface area contributed by atoms with E-state index in [9.17, 15) is 5.11 Å². The molecular formula is C31H51N2O2+. The summed E-state index contributed by atoms with van der Waals surface area (Å²) in [6.45, 7) is 9.44. The Labute approximate surface area is 215 Å². The second kappa shape index (κ2) is 14.1. The van der Waals surface area contributed by atoms with Gasteiger partial charge in [-0.05, 0) is 38.0 Å². The SMILES string of the molecule is CCCCCCCCCCCCCCC1(O)C(C)=C(C)C2=[N+](Cc3cccc(OC)c3)CCCN21. The van der Waals surface area contributed by atoms with Gasteiger partial charge >= 0.3 is 0 Å². The molecule has 3 rings (SSSR count). The predicted molar refractivity (Wildman–Crippen MR) is 147 cm³/mol. The third kappa shape index (κ3) is 7.35. The van der Waals surface area contributed by atoms with E-state index in [0.29, 0.717) is 0 Å². The van der Waals surface area contributed by atoms with Crippen LogP contribution in [0.2, 0.25) is 0 Å². The van der Waals surface area contributed by atoms with Crippen LogP contribution >= 0.6 is 0 Å². The van der Waals surface area contributed by atoms with Gasteiger partial charge < -0.3 is 9.84 Å². The van der Waals surface area contributed by atoms with Crippen LogP contribution in [-0.2, 0) is 6.54 Å². The maximum absolute atomic E-state index is 11.9. The summed E-state index contributed by atoms with van der Waals surface area (Å²) in [7, 11) is 1.72. The van der Waals surface area contributed by atoms with Crippen LogP contribution in [0.1, 0.15) is 116 Å². The van der Waals surface area contributed by atoms with Crippen LogP contribution in [0.15, 0.2) is 35.4 Å². The van der Waals surface area contributed by atoms with Crippen LogP contribution in [0, 0.1) is 0 Å². The Morgan fingerprint density at radius 1 is 0.943 bits per heavy atom. The lowest BCUT2D eigenvalue weighted by Gasteiger charge is -2.34. The second-order valence-electron chi connectivity index (χ2n) is 10.8. The first kappa shape index (κ1) is 27.8. The van der Waals surface area contributed by atoms with E-state index in [1.807, 2.05) is 6.07 Å². The van der Waals surface area contributed by atoms with E-state index in [4.69, 9.17) is 4.74 Å². The zero-order valence-electron chi connectivity index (χ0n) is 23.1. The Hall–Kier alpha value is -1.81. The predicted octanol–water partition coefficient (Wildman–Crippen LogP) is 7.44. The van der Waals surface area contributed by atoms with Crippen molar-refractivity contribution in [3.63, 3.8) is 0 Å². The molecule has 1 aromatic carbocycles. The van der Waals surface area contributed by atoms with Crippen molar-refractivity contribution in [1.29, 1.82) is 0 Å². The van der Waals surface area contributed by atoms with Crippen LogP contribution in [0.5, 0.6) is 5.75 Å². The molecule has 1 unspecified atom stereocenters. The molecule has 0 saturated carbocycles. The van der Waals surface area contributed by atoms with E-state index < -0.39 is 5.72 Å². The van der Waals surface area contributed by atoms with Gasteiger partial charge in [0.1, 0.15) is 12.3 Å². The minimum Gasteiger partial charge on any atom is -0.497 e. The number of aliphatic hydroxyl groups is 1. The third-order valence-electron chi connectivity index (χ3n) is 8.20. The summed E-state index contributed by atoms with van der Waals surface area (Å²) in [4.78, 5) is 2.31. The lowest BCUT2D eigenvalue weighted by atomic mass is 9.96. The molecule has 2 heterocycles. The lowest BCUT2D eigenvalue weighted by Crippen LogP contribution is -2.53. The van der Waals surface area contributed by atoms with Crippen molar-refractivity contribution in [3.05, 3.63) is 41.0 Å². The number of nitrogens with zero attached hydrogens (tertiary/aromatic N) is 2. The molecule has 0 aliphatic carbocycles. The van der Waals surface area contributed by atoms with E-state index in [1.165, 1.54) is 87.6 Å². The molecule has 0 bridgehead atoms. The van der Waals surface area contributed by atoms with E-state index in [-0.39, 0.29) is 0 Å². The van der Waals surface area contributed by atoms with E-state index >= 15 is 0 Å². The highest BCUT2D eigenvalue weighted by molar-refractivity contribution is 5.98. The zero-order chi connectivity index (χ0) is 25.1. The quantitative estimate of drug-likeness (QED) is 0.196. The average molecular weight is 484 g/mol. The number of ether oxygens (including phenoxy) is 1. The number of hydrogen-bond donors (Lipinski definition) is 1. The van der Waals surface area contributed by atoms with Gasteiger partial charge in [0.05, 0.1) is 20.2 Å². The summed E-state index contributed by atoms with van der Waals surface area (Å²) >= 11 is 0. The standard InChI is InChI=1S/C31H51N2O2/c1-5-6-7-8-9-10-11-12-13-14-15-16-21-31(34)27(3)26(2)30-32(22-18-23-33(30)31)25-28-19-17-20-29(24-28)35-4/h17,19-20,24,34H,5-16,18,21-23,25H2,1-4H3/q+1. The topological polar surface area (TPSA) is 35.7 Å². The molecule has 0 amide bonds. The van der Waals surface area contributed by atoms with Gasteiger partial charge in [0.2, 0.25) is 5.72 Å². The zero-order valence-corrected chi connectivity index (χ0v) is 23.1. The fourth-order valence-electron chi connectivity index (χ4n) is 5.95. The summed E-state index contributed by atoms with van der Waals surface area (Å²) in [5, 5.41) is 11.9. The fraction of sp³-hybridized carbons (Fsp3) is 0.710. The van der Waals surface area contributed by atoms with E-state index in [0.717, 1.165) is 50.2 Å². The summed E-state index contributed by atoms with van der Waals surface area (Å²) in [6.07, 6.45) is 18.0. The molecule has 0 saturated heterocycles. The molecule has 4 nitrogen and oxygen atoms in total. The van der Waals surface area contributed by atoms with Crippen LogP contribution in [0.25, 0.3) is 0 Å². The van der Waals surface area contributed by atoms with Gasteiger partial charge in [-0.15, -0.1) is 0 Å². The molecule has 0 aromatic heterocycles. The Kier molecular flexibility index (Phi) is 11.2. The van der Waals surface area contributed by atoms with Crippen molar-refractivity contribution < 1.29 is 14.4 Å². The van der Waals surface area contributed by atoms with Gasteiger partial charge in [0, 0.05) is 24.0 Å². The van der Waals surface area contributed by atoms with Gasteiger partial charge in [0.15, 0.2) is 0 Å². The first-order valence-electron chi connectivity index (χ1n) is 14.4. The molecule has 2 aliphatic rings. The molecule has 196 valence electrons. The number of amidine groups is 1. The highest BCUT2D eigenvalue weighted by Gasteiger charge is 2.53. The van der Waals surface area contributed by atoms with Crippen LogP contribution in [0.4, 0.5) is 0 Å². The van der Waals surface area contributed by atoms with Gasteiger partial charge in [-0.25, -0.2) is 4.90 Å². The molecule has 35 heavy (non-hydrogen) atoms. The Balaban J connectivity index is 1.48. The summed E-state index contributed by atoms with van der Waals surface area (Å²) in [5.74, 6) is 2.14. The molecule has 1 N–H and O–H groups in total. The third-order valence-corrected chi connectivity index (χ3v) is 8.20. The van der Waals surface area contributed by atoms with Gasteiger partial charge in [-0.2, -0.15) is 0 Å². The molecular weight excluding hydrogens is 432 g/mol. The van der Waals surface area contributed by atoms with Crippen LogP contribution < -0.4 is 4.74 Å². The molecule has 1 atom stereocenters. The molecule has 0 spiro atoms. The Morgan fingerprint density at radius 2 is 1.57 bits per heavy atom. The van der Waals surface area contributed by atoms with Gasteiger partial charge in [0.25, 0.3) is 5.84 Å². The number of methoxy groups -OCH3 is 1. The molecule has 1 aromatic rings. The first-order chi connectivity index (χ1) is 17.0. The minimum atomic E-state index is -0.815. The fourth-order valence-corrected chi connectivity index (χ4v) is 5.95. The number of benzene rings is 1. The number of hydrogen-bond acceptors (Lipinski definition) is 3. The maximum Gasteiger partial charge on any atom is 0.277 e. The highest BCUT2D eigenvalue weighted by atomic mass is 16.5. The van der Waals surface area contributed by atoms with E-state index in [1.54, 1.807) is 7.11 Å². The Bertz CT molecular complexity index is 859. The number of rotatable bonds is 16. The minimum absolute atomic E-state index is 0.815. The van der Waals surface area contributed by atoms with Crippen molar-refractivity contribution >= 4 is 5.84 Å². The van der Waals surface area contributed by atoms with Crippen molar-refractivity contribution in [2.24, 2.45) is 0 Å². The maximum atomic E-state index is 11.9. The van der Waals surface area contributed by atoms with Crippen LogP contribution in [0.3, 0.4) is 0 Å². The number of fused-ring (bicyclic) bond motifs is 1. The average Bonchev–Trinajstić information content (AvgIpc) is 3.06. The number of unbranched alkanes of at least 4 members (excludes halogenated alkanes) is 11. The van der Waals surface area contributed by atoms with E-state index in [2.05, 4.69) is 48.4 Å². The highest BCUT2D eigenvalue weighted by Crippen LogP contribution is 2.39. The second-order valence-corrected chi connectivity index (χ2v) is 10.8. The normalized spacial score (nSPS) is 20.1. The molecule has 0 radical (unpaired) electrons. The van der Waals surface area contributed by atoms with Gasteiger partial charge in [-0.1, -0.05) is 89.7 Å². The van der Waals surface area contributed by atoms with Crippen molar-refractivity contribution in [2.75, 3.05) is 20.2 Å². The smallest absolute Gasteiger partial charge is 0.277 e. The molecule has 2 aliphatic heterocycles. The lowest BCUT2D eigenvalue weighted by molar-refractivity contribution is -0.554. The summed E-state index contributed by atoms with van der Waals surface area (Å²) in [5.41, 5.74) is 2.84. The monoisotopic (exact) mass is 483 g/mol. The summed E-state index contributed by atoms with van der Waals surface area (Å²) < 4.78 is 7.88. The van der Waals surface area contributed by atoms with Crippen molar-refractivity contribution in [2.45, 2.75) is 123 Å². The van der Waals surface area contributed by atoms with Crippen LogP contribution in [-0.4, -0.2) is 46.3 Å².